The SMILES string of the molecule is Cc1ccc(S(=O)(=O)N(CC(=O)Nc2ccccc2F)c2ccc(C)c(C)c2)cc1. The van der Waals surface area contributed by atoms with Crippen LogP contribution in [0.5, 0.6) is 0 Å². The van der Waals surface area contributed by atoms with E-state index in [1.54, 1.807) is 36.4 Å². The van der Waals surface area contributed by atoms with Gasteiger partial charge in [-0.3, -0.25) is 9.10 Å². The summed E-state index contributed by atoms with van der Waals surface area (Å²) < 4.78 is 41.7. The van der Waals surface area contributed by atoms with Gasteiger partial charge in [-0.25, -0.2) is 12.8 Å². The summed E-state index contributed by atoms with van der Waals surface area (Å²) in [5.41, 5.74) is 3.18. The second-order valence-electron chi connectivity index (χ2n) is 7.12. The highest BCUT2D eigenvalue weighted by atomic mass is 32.2. The molecule has 0 heterocycles. The van der Waals surface area contributed by atoms with Gasteiger partial charge in [-0.2, -0.15) is 0 Å². The highest BCUT2D eigenvalue weighted by Gasteiger charge is 2.27. The fraction of sp³-hybridized carbons (Fsp3) is 0.174. The molecule has 0 aliphatic carbocycles. The number of para-hydroxylation sites is 1. The molecule has 0 aromatic heterocycles. The van der Waals surface area contributed by atoms with Gasteiger partial charge < -0.3 is 5.32 Å². The molecule has 3 aromatic rings. The number of aryl methyl sites for hydroxylation is 3. The molecule has 156 valence electrons. The van der Waals surface area contributed by atoms with E-state index in [0.717, 1.165) is 21.0 Å². The van der Waals surface area contributed by atoms with E-state index in [-0.39, 0.29) is 10.6 Å². The molecule has 0 aliphatic rings. The topological polar surface area (TPSA) is 66.5 Å². The minimum atomic E-state index is -4.02. The van der Waals surface area contributed by atoms with Crippen molar-refractivity contribution >= 4 is 27.3 Å². The van der Waals surface area contributed by atoms with Gasteiger partial charge in [0, 0.05) is 0 Å². The molecule has 3 aromatic carbocycles. The van der Waals surface area contributed by atoms with E-state index in [4.69, 9.17) is 0 Å². The van der Waals surface area contributed by atoms with Crippen molar-refractivity contribution in [2.45, 2.75) is 25.7 Å². The van der Waals surface area contributed by atoms with Gasteiger partial charge in [0.25, 0.3) is 10.0 Å². The van der Waals surface area contributed by atoms with Crippen LogP contribution in [0.3, 0.4) is 0 Å². The Bertz CT molecular complexity index is 1180. The quantitative estimate of drug-likeness (QED) is 0.627. The summed E-state index contributed by atoms with van der Waals surface area (Å²) in [6, 6.07) is 17.3. The average Bonchev–Trinajstić information content (AvgIpc) is 2.70. The minimum Gasteiger partial charge on any atom is -0.322 e. The van der Waals surface area contributed by atoms with Gasteiger partial charge in [-0.1, -0.05) is 35.9 Å². The molecule has 0 saturated carbocycles. The van der Waals surface area contributed by atoms with Crippen LogP contribution in [0.25, 0.3) is 0 Å². The summed E-state index contributed by atoms with van der Waals surface area (Å²) in [6.07, 6.45) is 0. The van der Waals surface area contributed by atoms with Crippen LogP contribution in [0.2, 0.25) is 0 Å². The van der Waals surface area contributed by atoms with E-state index in [2.05, 4.69) is 5.32 Å². The van der Waals surface area contributed by atoms with Crippen LogP contribution in [0.15, 0.2) is 71.6 Å². The third kappa shape index (κ3) is 4.68. The van der Waals surface area contributed by atoms with Gasteiger partial charge in [0.05, 0.1) is 16.3 Å². The molecule has 0 aliphatic heterocycles. The number of sulfonamides is 1. The molecule has 0 bridgehead atoms. The molecule has 7 heteroatoms. The lowest BCUT2D eigenvalue weighted by atomic mass is 10.1. The maximum atomic E-state index is 13.9. The van der Waals surface area contributed by atoms with Crippen molar-refractivity contribution in [3.63, 3.8) is 0 Å². The molecule has 3 rings (SSSR count). The predicted molar refractivity (Wildman–Crippen MR) is 117 cm³/mol. The van der Waals surface area contributed by atoms with Crippen LogP contribution < -0.4 is 9.62 Å². The van der Waals surface area contributed by atoms with E-state index in [9.17, 15) is 17.6 Å². The third-order valence-electron chi connectivity index (χ3n) is 4.82. The molecule has 0 fully saturated rings. The number of carbonyl (C=O) groups excluding carboxylic acids is 1. The van der Waals surface area contributed by atoms with Crippen molar-refractivity contribution < 1.29 is 17.6 Å². The van der Waals surface area contributed by atoms with Gasteiger partial charge in [-0.05, 0) is 68.3 Å². The Morgan fingerprint density at radius 2 is 1.60 bits per heavy atom. The molecule has 0 atom stereocenters. The molecule has 0 radical (unpaired) electrons. The van der Waals surface area contributed by atoms with Crippen molar-refractivity contribution in [3.05, 3.63) is 89.2 Å². The first-order valence-corrected chi connectivity index (χ1v) is 10.8. The number of amides is 1. The lowest BCUT2D eigenvalue weighted by Crippen LogP contribution is -2.38. The Balaban J connectivity index is 1.99. The smallest absolute Gasteiger partial charge is 0.264 e. The fourth-order valence-electron chi connectivity index (χ4n) is 2.92. The van der Waals surface area contributed by atoms with Crippen LogP contribution in [0.1, 0.15) is 16.7 Å². The van der Waals surface area contributed by atoms with Crippen molar-refractivity contribution in [2.75, 3.05) is 16.2 Å². The van der Waals surface area contributed by atoms with Gasteiger partial charge >= 0.3 is 0 Å². The summed E-state index contributed by atoms with van der Waals surface area (Å²) in [5, 5.41) is 2.45. The van der Waals surface area contributed by atoms with E-state index < -0.39 is 28.3 Å². The number of nitrogens with zero attached hydrogens (tertiary/aromatic N) is 1. The molecule has 1 amide bonds. The molecule has 0 saturated heterocycles. The molecule has 5 nitrogen and oxygen atoms in total. The van der Waals surface area contributed by atoms with Crippen LogP contribution in [-0.4, -0.2) is 20.9 Å². The molecule has 30 heavy (non-hydrogen) atoms. The summed E-state index contributed by atoms with van der Waals surface area (Å²) in [7, 11) is -4.02. The average molecular weight is 427 g/mol. The standard InChI is InChI=1S/C23H23FN2O3S/c1-16-8-12-20(13-9-16)30(28,29)26(19-11-10-17(2)18(3)14-19)15-23(27)25-22-7-5-4-6-21(22)24/h4-14H,15H2,1-3H3,(H,25,27). The molecular formula is C23H23FN2O3S. The van der Waals surface area contributed by atoms with E-state index in [1.165, 1.54) is 30.3 Å². The van der Waals surface area contributed by atoms with Gasteiger partial charge in [0.15, 0.2) is 0 Å². The second kappa shape index (κ2) is 8.67. The number of halogens is 1. The maximum absolute atomic E-state index is 13.9. The lowest BCUT2D eigenvalue weighted by Gasteiger charge is -2.25. The number of nitrogens with one attached hydrogen (secondary N) is 1. The number of benzene rings is 3. The summed E-state index contributed by atoms with van der Waals surface area (Å²) in [6.45, 7) is 5.16. The Morgan fingerprint density at radius 3 is 2.23 bits per heavy atom. The highest BCUT2D eigenvalue weighted by molar-refractivity contribution is 7.92. The Labute approximate surface area is 176 Å². The molecular weight excluding hydrogens is 403 g/mol. The zero-order chi connectivity index (χ0) is 21.9. The highest BCUT2D eigenvalue weighted by Crippen LogP contribution is 2.26. The van der Waals surface area contributed by atoms with Crippen LogP contribution in [0, 0.1) is 26.6 Å². The van der Waals surface area contributed by atoms with Crippen LogP contribution in [0.4, 0.5) is 15.8 Å². The van der Waals surface area contributed by atoms with Crippen LogP contribution >= 0.6 is 0 Å². The molecule has 1 N–H and O–H groups in total. The summed E-state index contributed by atoms with van der Waals surface area (Å²) in [4.78, 5) is 12.7. The normalized spacial score (nSPS) is 11.2. The first kappa shape index (κ1) is 21.5. The summed E-state index contributed by atoms with van der Waals surface area (Å²) in [5.74, 6) is -1.24. The summed E-state index contributed by atoms with van der Waals surface area (Å²) >= 11 is 0. The van der Waals surface area contributed by atoms with Gasteiger partial charge in [0.1, 0.15) is 12.4 Å². The maximum Gasteiger partial charge on any atom is 0.264 e. The first-order chi connectivity index (χ1) is 14.2. The van der Waals surface area contributed by atoms with Crippen LogP contribution in [-0.2, 0) is 14.8 Å². The number of rotatable bonds is 6. The number of hydrogen-bond donors (Lipinski definition) is 1. The van der Waals surface area contributed by atoms with Gasteiger partial charge in [0.2, 0.25) is 5.91 Å². The monoisotopic (exact) mass is 426 g/mol. The minimum absolute atomic E-state index is 0.00438. The second-order valence-corrected chi connectivity index (χ2v) is 8.98. The Kier molecular flexibility index (Phi) is 6.22. The molecule has 0 spiro atoms. The fourth-order valence-corrected chi connectivity index (χ4v) is 4.33. The van der Waals surface area contributed by atoms with E-state index >= 15 is 0 Å². The number of anilines is 2. The third-order valence-corrected chi connectivity index (χ3v) is 6.61. The lowest BCUT2D eigenvalue weighted by molar-refractivity contribution is -0.114. The van der Waals surface area contributed by atoms with E-state index in [1.807, 2.05) is 20.8 Å². The predicted octanol–water partition coefficient (Wildman–Crippen LogP) is 4.58. The molecule has 0 unspecified atom stereocenters. The first-order valence-electron chi connectivity index (χ1n) is 9.39. The van der Waals surface area contributed by atoms with Crippen molar-refractivity contribution in [3.8, 4) is 0 Å². The largest absolute Gasteiger partial charge is 0.322 e. The Hall–Kier alpha value is -3.19. The number of carbonyl (C=O) groups is 1. The van der Waals surface area contributed by atoms with E-state index in [0.29, 0.717) is 5.69 Å². The van der Waals surface area contributed by atoms with Crippen molar-refractivity contribution in [1.29, 1.82) is 0 Å². The van der Waals surface area contributed by atoms with Crippen molar-refractivity contribution in [1.82, 2.24) is 0 Å². The van der Waals surface area contributed by atoms with Crippen molar-refractivity contribution in [2.24, 2.45) is 0 Å². The van der Waals surface area contributed by atoms with Gasteiger partial charge in [-0.15, -0.1) is 0 Å². The zero-order valence-electron chi connectivity index (χ0n) is 17.0. The Morgan fingerprint density at radius 1 is 0.933 bits per heavy atom. The number of hydrogen-bond acceptors (Lipinski definition) is 3. The zero-order valence-corrected chi connectivity index (χ0v) is 17.8.